The van der Waals surface area contributed by atoms with Crippen LogP contribution in [0, 0.1) is 0 Å². The lowest BCUT2D eigenvalue weighted by Gasteiger charge is -2.11. The topological polar surface area (TPSA) is 49.7 Å². The normalized spacial score (nSPS) is 19.5. The molecule has 1 aromatic carbocycles. The Kier molecular flexibility index (Phi) is 4.92. The van der Waals surface area contributed by atoms with Crippen molar-refractivity contribution in [2.75, 3.05) is 12.4 Å². The van der Waals surface area contributed by atoms with E-state index in [1.54, 1.807) is 17.8 Å². The molecule has 2 rings (SSSR count). The van der Waals surface area contributed by atoms with Gasteiger partial charge in [-0.2, -0.15) is 11.8 Å². The highest BCUT2D eigenvalue weighted by atomic mass is 32.2. The van der Waals surface area contributed by atoms with Crippen molar-refractivity contribution in [3.63, 3.8) is 0 Å². The monoisotopic (exact) mass is 252 g/mol. The van der Waals surface area contributed by atoms with Crippen molar-refractivity contribution in [1.82, 2.24) is 0 Å². The van der Waals surface area contributed by atoms with Crippen molar-refractivity contribution in [3.8, 4) is 0 Å². The summed E-state index contributed by atoms with van der Waals surface area (Å²) < 4.78 is 5.55. The Morgan fingerprint density at radius 1 is 1.35 bits per heavy atom. The number of hydrogen-bond donors (Lipinski definition) is 2. The molecule has 17 heavy (non-hydrogen) atoms. The molecule has 5 heteroatoms. The molecule has 3 nitrogen and oxygen atoms in total. The fraction of sp³-hybridized carbons (Fsp3) is 0.500. The zero-order valence-electron chi connectivity index (χ0n) is 9.71. The van der Waals surface area contributed by atoms with E-state index in [0.29, 0.717) is 11.6 Å². The second-order valence-electron chi connectivity index (χ2n) is 4.22. The first kappa shape index (κ1) is 13.0. The molecule has 0 spiro atoms. The van der Waals surface area contributed by atoms with Crippen molar-refractivity contribution in [2.24, 2.45) is 0 Å². The highest BCUT2D eigenvalue weighted by molar-refractivity contribution is 7.98. The molecule has 0 aromatic heterocycles. The van der Waals surface area contributed by atoms with Gasteiger partial charge in [0.05, 0.1) is 6.10 Å². The van der Waals surface area contributed by atoms with E-state index < -0.39 is 7.12 Å². The van der Waals surface area contributed by atoms with E-state index in [-0.39, 0.29) is 0 Å². The molecule has 1 fully saturated rings. The van der Waals surface area contributed by atoms with Crippen LogP contribution in [0.1, 0.15) is 18.4 Å². The van der Waals surface area contributed by atoms with Crippen LogP contribution in [0.25, 0.3) is 0 Å². The zero-order valence-corrected chi connectivity index (χ0v) is 10.5. The molecule has 2 N–H and O–H groups in total. The molecule has 1 atom stereocenters. The van der Waals surface area contributed by atoms with E-state index in [1.165, 1.54) is 0 Å². The van der Waals surface area contributed by atoms with E-state index in [9.17, 15) is 10.0 Å². The summed E-state index contributed by atoms with van der Waals surface area (Å²) in [6.07, 6.45) is 2.69. The molecule has 0 amide bonds. The highest BCUT2D eigenvalue weighted by Gasteiger charge is 2.17. The molecule has 1 aliphatic rings. The zero-order chi connectivity index (χ0) is 12.1. The third kappa shape index (κ3) is 3.74. The molecule has 92 valence electrons. The number of benzene rings is 1. The Balaban J connectivity index is 1.85. The van der Waals surface area contributed by atoms with Gasteiger partial charge in [0.15, 0.2) is 0 Å². The maximum atomic E-state index is 9.24. The summed E-state index contributed by atoms with van der Waals surface area (Å²) in [6.45, 7) is 0.886. The third-order valence-electron chi connectivity index (χ3n) is 2.92. The molecule has 0 radical (unpaired) electrons. The second-order valence-corrected chi connectivity index (χ2v) is 5.25. The maximum absolute atomic E-state index is 9.24. The number of ether oxygens (including phenoxy) is 1. The average molecular weight is 252 g/mol. The largest absolute Gasteiger partial charge is 0.488 e. The van der Waals surface area contributed by atoms with Gasteiger partial charge in [0.25, 0.3) is 0 Å². The van der Waals surface area contributed by atoms with Crippen LogP contribution < -0.4 is 5.46 Å². The maximum Gasteiger partial charge on any atom is 0.488 e. The lowest BCUT2D eigenvalue weighted by molar-refractivity contribution is 0.129. The minimum absolute atomic E-state index is 0.381. The average Bonchev–Trinajstić information content (AvgIpc) is 2.82. The predicted molar refractivity (Wildman–Crippen MR) is 71.4 cm³/mol. The first-order chi connectivity index (χ1) is 8.27. The van der Waals surface area contributed by atoms with E-state index in [4.69, 9.17) is 4.74 Å². The third-order valence-corrected chi connectivity index (χ3v) is 4.04. The van der Waals surface area contributed by atoms with Crippen molar-refractivity contribution in [2.45, 2.75) is 24.7 Å². The van der Waals surface area contributed by atoms with E-state index >= 15 is 0 Å². The van der Waals surface area contributed by atoms with Crippen LogP contribution in [0.3, 0.4) is 0 Å². The van der Waals surface area contributed by atoms with Crippen molar-refractivity contribution >= 4 is 24.3 Å². The van der Waals surface area contributed by atoms with Crippen LogP contribution in [0.2, 0.25) is 0 Å². The lowest BCUT2D eigenvalue weighted by Crippen LogP contribution is -2.32. The van der Waals surface area contributed by atoms with Gasteiger partial charge < -0.3 is 14.8 Å². The molecular formula is C12H17BO3S. The molecule has 1 heterocycles. The van der Waals surface area contributed by atoms with Gasteiger partial charge in [-0.1, -0.05) is 24.3 Å². The molecule has 0 aliphatic carbocycles. The van der Waals surface area contributed by atoms with Gasteiger partial charge in [-0.15, -0.1) is 0 Å². The summed E-state index contributed by atoms with van der Waals surface area (Å²) in [7, 11) is -1.38. The number of rotatable bonds is 5. The summed E-state index contributed by atoms with van der Waals surface area (Å²) in [4.78, 5) is 0. The van der Waals surface area contributed by atoms with Crippen LogP contribution in [-0.4, -0.2) is 35.6 Å². The molecule has 1 aliphatic heterocycles. The van der Waals surface area contributed by atoms with Gasteiger partial charge >= 0.3 is 7.12 Å². The summed E-state index contributed by atoms with van der Waals surface area (Å²) >= 11 is 1.79. The SMILES string of the molecule is OB(O)c1ccccc1CSCC1CCCO1. The Bertz CT molecular complexity index is 353. The van der Waals surface area contributed by atoms with Crippen LogP contribution in [0.15, 0.2) is 24.3 Å². The van der Waals surface area contributed by atoms with Gasteiger partial charge in [-0.05, 0) is 23.9 Å². The number of thioether (sulfide) groups is 1. The van der Waals surface area contributed by atoms with Crippen molar-refractivity contribution in [1.29, 1.82) is 0 Å². The predicted octanol–water partition coefficient (Wildman–Crippen LogP) is 0.779. The first-order valence-electron chi connectivity index (χ1n) is 5.90. The summed E-state index contributed by atoms with van der Waals surface area (Å²) in [5.41, 5.74) is 1.60. The van der Waals surface area contributed by atoms with Gasteiger partial charge in [-0.25, -0.2) is 0 Å². The summed E-state index contributed by atoms with van der Waals surface area (Å²) in [6, 6.07) is 7.45. The lowest BCUT2D eigenvalue weighted by atomic mass is 9.77. The summed E-state index contributed by atoms with van der Waals surface area (Å²) in [5.74, 6) is 1.78. The standard InChI is InChI=1S/C12H17BO3S/c14-13(15)12-6-2-1-4-10(12)8-17-9-11-5-3-7-16-11/h1-2,4,6,11,14-15H,3,5,7-9H2. The minimum Gasteiger partial charge on any atom is -0.423 e. The smallest absolute Gasteiger partial charge is 0.423 e. The molecule has 1 aromatic rings. The van der Waals surface area contributed by atoms with Crippen LogP contribution in [-0.2, 0) is 10.5 Å². The van der Waals surface area contributed by atoms with Gasteiger partial charge in [0.2, 0.25) is 0 Å². The first-order valence-corrected chi connectivity index (χ1v) is 7.06. The molecule has 0 saturated carbocycles. The molecule has 1 saturated heterocycles. The van der Waals surface area contributed by atoms with Crippen molar-refractivity contribution < 1.29 is 14.8 Å². The highest BCUT2D eigenvalue weighted by Crippen LogP contribution is 2.19. The van der Waals surface area contributed by atoms with E-state index in [0.717, 1.165) is 36.5 Å². The van der Waals surface area contributed by atoms with Crippen LogP contribution in [0.4, 0.5) is 0 Å². The van der Waals surface area contributed by atoms with E-state index in [1.807, 2.05) is 18.2 Å². The fourth-order valence-corrected chi connectivity index (χ4v) is 3.12. The Hall–Kier alpha value is -0.485. The minimum atomic E-state index is -1.38. The Morgan fingerprint density at radius 2 is 2.18 bits per heavy atom. The molecular weight excluding hydrogens is 235 g/mol. The second kappa shape index (κ2) is 6.45. The van der Waals surface area contributed by atoms with Crippen LogP contribution in [0.5, 0.6) is 0 Å². The Labute approximate surface area is 106 Å². The van der Waals surface area contributed by atoms with Crippen LogP contribution >= 0.6 is 11.8 Å². The molecule has 0 bridgehead atoms. The van der Waals surface area contributed by atoms with E-state index in [2.05, 4.69) is 0 Å². The van der Waals surface area contributed by atoms with Crippen molar-refractivity contribution in [3.05, 3.63) is 29.8 Å². The summed E-state index contributed by atoms with van der Waals surface area (Å²) in [5, 5.41) is 18.5. The van der Waals surface area contributed by atoms with Gasteiger partial charge in [0.1, 0.15) is 0 Å². The molecule has 1 unspecified atom stereocenters. The number of hydrogen-bond acceptors (Lipinski definition) is 4. The fourth-order valence-electron chi connectivity index (χ4n) is 1.99. The van der Waals surface area contributed by atoms with Gasteiger partial charge in [-0.3, -0.25) is 0 Å². The Morgan fingerprint density at radius 3 is 2.88 bits per heavy atom. The quantitative estimate of drug-likeness (QED) is 0.760. The van der Waals surface area contributed by atoms with Gasteiger partial charge in [0, 0.05) is 18.1 Å².